The molecule has 0 aliphatic carbocycles. The summed E-state index contributed by atoms with van der Waals surface area (Å²) in [7, 11) is 0. The Morgan fingerprint density at radius 1 is 0.857 bits per heavy atom. The molecule has 9 nitrogen and oxygen atoms in total. The van der Waals surface area contributed by atoms with E-state index in [1.54, 1.807) is 41.5 Å². The third-order valence-electron chi connectivity index (χ3n) is 3.23. The standard InChI is InChI=1S/C19H35NO8/c1-7-24-15(17(22)26-9-3)13-27-14(16(21)25-8-2)11-10-12-20-18(23)28-19(4,5)6/h14-15H,7-13H2,1-6H3,(H,20,23). The summed E-state index contributed by atoms with van der Waals surface area (Å²) < 4.78 is 26.0. The number of hydrogen-bond donors (Lipinski definition) is 1. The Morgan fingerprint density at radius 2 is 1.43 bits per heavy atom. The van der Waals surface area contributed by atoms with Crippen LogP contribution in [-0.2, 0) is 33.3 Å². The van der Waals surface area contributed by atoms with Crippen LogP contribution < -0.4 is 5.32 Å². The SMILES string of the molecule is CCOC(=O)C(CCCNC(=O)OC(C)(C)C)OCC(OCC)C(=O)OCC. The van der Waals surface area contributed by atoms with Gasteiger partial charge in [-0.1, -0.05) is 0 Å². The van der Waals surface area contributed by atoms with Gasteiger partial charge >= 0.3 is 18.0 Å². The summed E-state index contributed by atoms with van der Waals surface area (Å²) >= 11 is 0. The molecule has 0 spiro atoms. The fourth-order valence-electron chi connectivity index (χ4n) is 2.12. The summed E-state index contributed by atoms with van der Waals surface area (Å²) in [6.45, 7) is 11.4. The van der Waals surface area contributed by atoms with Crippen molar-refractivity contribution in [2.24, 2.45) is 0 Å². The van der Waals surface area contributed by atoms with Crippen LogP contribution in [0.25, 0.3) is 0 Å². The first-order valence-corrected chi connectivity index (χ1v) is 9.67. The fourth-order valence-corrected chi connectivity index (χ4v) is 2.12. The van der Waals surface area contributed by atoms with Crippen molar-refractivity contribution in [3.8, 4) is 0 Å². The third kappa shape index (κ3) is 12.5. The number of alkyl carbamates (subject to hydrolysis) is 1. The number of ether oxygens (including phenoxy) is 5. The lowest BCUT2D eigenvalue weighted by Crippen LogP contribution is -2.37. The molecule has 2 unspecified atom stereocenters. The highest BCUT2D eigenvalue weighted by molar-refractivity contribution is 5.76. The van der Waals surface area contributed by atoms with Gasteiger partial charge < -0.3 is 29.0 Å². The number of rotatable bonds is 13. The molecule has 9 heteroatoms. The lowest BCUT2D eigenvalue weighted by atomic mass is 10.2. The molecule has 0 saturated carbocycles. The van der Waals surface area contributed by atoms with Crippen LogP contribution in [0, 0.1) is 0 Å². The van der Waals surface area contributed by atoms with Gasteiger partial charge in [-0.2, -0.15) is 0 Å². The lowest BCUT2D eigenvalue weighted by Gasteiger charge is -2.21. The molecule has 28 heavy (non-hydrogen) atoms. The molecule has 0 aromatic rings. The summed E-state index contributed by atoms with van der Waals surface area (Å²) in [6.07, 6.45) is -1.56. The quantitative estimate of drug-likeness (QED) is 0.282. The van der Waals surface area contributed by atoms with Crippen molar-refractivity contribution >= 4 is 18.0 Å². The summed E-state index contributed by atoms with van der Waals surface area (Å²) in [6, 6.07) is 0. The maximum absolute atomic E-state index is 12.1. The molecule has 1 amide bonds. The van der Waals surface area contributed by atoms with Gasteiger partial charge in [0.15, 0.2) is 12.2 Å². The van der Waals surface area contributed by atoms with Crippen LogP contribution in [0.4, 0.5) is 4.79 Å². The van der Waals surface area contributed by atoms with Crippen LogP contribution in [-0.4, -0.2) is 68.8 Å². The fraction of sp³-hybridized carbons (Fsp3) is 0.842. The molecular weight excluding hydrogens is 370 g/mol. The second kappa shape index (κ2) is 14.2. The van der Waals surface area contributed by atoms with E-state index in [4.69, 9.17) is 23.7 Å². The molecule has 2 atom stereocenters. The molecule has 0 aliphatic heterocycles. The maximum Gasteiger partial charge on any atom is 0.407 e. The summed E-state index contributed by atoms with van der Waals surface area (Å²) in [5.41, 5.74) is -0.581. The minimum absolute atomic E-state index is 0.129. The van der Waals surface area contributed by atoms with E-state index in [0.717, 1.165) is 0 Å². The van der Waals surface area contributed by atoms with Gasteiger partial charge in [-0.3, -0.25) is 0 Å². The van der Waals surface area contributed by atoms with E-state index in [1.807, 2.05) is 0 Å². The van der Waals surface area contributed by atoms with Crippen LogP contribution in [0.15, 0.2) is 0 Å². The van der Waals surface area contributed by atoms with E-state index in [2.05, 4.69) is 5.32 Å². The number of nitrogens with one attached hydrogen (secondary N) is 1. The van der Waals surface area contributed by atoms with Crippen molar-refractivity contribution in [1.29, 1.82) is 0 Å². The smallest absolute Gasteiger partial charge is 0.407 e. The molecule has 0 aliphatic rings. The average Bonchev–Trinajstić information content (AvgIpc) is 2.58. The topological polar surface area (TPSA) is 109 Å². The van der Waals surface area contributed by atoms with Crippen LogP contribution >= 0.6 is 0 Å². The average molecular weight is 405 g/mol. The van der Waals surface area contributed by atoms with Crippen molar-refractivity contribution in [1.82, 2.24) is 5.32 Å². The largest absolute Gasteiger partial charge is 0.464 e. The highest BCUT2D eigenvalue weighted by Gasteiger charge is 2.26. The second-order valence-corrected chi connectivity index (χ2v) is 6.84. The van der Waals surface area contributed by atoms with Gasteiger partial charge in [-0.15, -0.1) is 0 Å². The van der Waals surface area contributed by atoms with E-state index in [1.165, 1.54) is 0 Å². The Balaban J connectivity index is 4.59. The van der Waals surface area contributed by atoms with Gasteiger partial charge in [0.1, 0.15) is 5.60 Å². The molecule has 0 aromatic carbocycles. The van der Waals surface area contributed by atoms with Gasteiger partial charge in [0.05, 0.1) is 19.8 Å². The van der Waals surface area contributed by atoms with Crippen molar-refractivity contribution < 1.29 is 38.1 Å². The predicted molar refractivity (Wildman–Crippen MR) is 102 cm³/mol. The molecule has 0 heterocycles. The van der Waals surface area contributed by atoms with Crippen LogP contribution in [0.3, 0.4) is 0 Å². The zero-order valence-electron chi connectivity index (χ0n) is 17.9. The third-order valence-corrected chi connectivity index (χ3v) is 3.23. The molecule has 0 aromatic heterocycles. The Hall–Kier alpha value is -1.87. The monoisotopic (exact) mass is 405 g/mol. The predicted octanol–water partition coefficient (Wildman–Crippen LogP) is 2.21. The molecule has 0 fully saturated rings. The van der Waals surface area contributed by atoms with Crippen LogP contribution in [0.5, 0.6) is 0 Å². The molecule has 1 N–H and O–H groups in total. The maximum atomic E-state index is 12.1. The van der Waals surface area contributed by atoms with Crippen molar-refractivity contribution in [3.63, 3.8) is 0 Å². The summed E-state index contributed by atoms with van der Waals surface area (Å²) in [4.78, 5) is 35.6. The molecule has 0 saturated heterocycles. The molecule has 0 radical (unpaired) electrons. The minimum Gasteiger partial charge on any atom is -0.464 e. The zero-order valence-corrected chi connectivity index (χ0v) is 17.9. The lowest BCUT2D eigenvalue weighted by molar-refractivity contribution is -0.170. The first-order chi connectivity index (χ1) is 13.1. The molecule has 0 bridgehead atoms. The van der Waals surface area contributed by atoms with E-state index in [0.29, 0.717) is 26.0 Å². The van der Waals surface area contributed by atoms with Crippen LogP contribution in [0.2, 0.25) is 0 Å². The van der Waals surface area contributed by atoms with Crippen LogP contribution in [0.1, 0.15) is 54.4 Å². The van der Waals surface area contributed by atoms with E-state index >= 15 is 0 Å². The highest BCUT2D eigenvalue weighted by atomic mass is 16.6. The van der Waals surface area contributed by atoms with Crippen molar-refractivity contribution in [2.45, 2.75) is 72.2 Å². The van der Waals surface area contributed by atoms with Gasteiger partial charge in [-0.05, 0) is 54.4 Å². The number of hydrogen-bond acceptors (Lipinski definition) is 8. The Bertz CT molecular complexity index is 475. The van der Waals surface area contributed by atoms with E-state index < -0.39 is 35.8 Å². The Labute approximate surface area is 167 Å². The minimum atomic E-state index is -0.915. The number of amides is 1. The van der Waals surface area contributed by atoms with E-state index in [9.17, 15) is 14.4 Å². The number of carbonyl (C=O) groups is 3. The Kier molecular flexibility index (Phi) is 13.2. The van der Waals surface area contributed by atoms with Gasteiger partial charge in [0.2, 0.25) is 0 Å². The molecular formula is C19H35NO8. The molecule has 164 valence electrons. The molecule has 0 rings (SSSR count). The summed E-state index contributed by atoms with van der Waals surface area (Å²) in [5.74, 6) is -1.07. The highest BCUT2D eigenvalue weighted by Crippen LogP contribution is 2.09. The summed E-state index contributed by atoms with van der Waals surface area (Å²) in [5, 5.41) is 2.62. The van der Waals surface area contributed by atoms with Gasteiger partial charge in [0.25, 0.3) is 0 Å². The first kappa shape index (κ1) is 26.1. The Morgan fingerprint density at radius 3 is 1.93 bits per heavy atom. The number of carbonyl (C=O) groups excluding carboxylic acids is 3. The normalized spacial score (nSPS) is 13.4. The van der Waals surface area contributed by atoms with Crippen molar-refractivity contribution in [2.75, 3.05) is 33.0 Å². The second-order valence-electron chi connectivity index (χ2n) is 6.84. The van der Waals surface area contributed by atoms with Crippen molar-refractivity contribution in [3.05, 3.63) is 0 Å². The van der Waals surface area contributed by atoms with Gasteiger partial charge in [0, 0.05) is 13.2 Å². The van der Waals surface area contributed by atoms with E-state index in [-0.39, 0.29) is 19.8 Å². The first-order valence-electron chi connectivity index (χ1n) is 9.67. The van der Waals surface area contributed by atoms with Gasteiger partial charge in [-0.25, -0.2) is 14.4 Å². The zero-order chi connectivity index (χ0) is 21.6. The number of esters is 2.